The summed E-state index contributed by atoms with van der Waals surface area (Å²) in [6, 6.07) is 15.7. The first-order valence-electron chi connectivity index (χ1n) is 10.7. The maximum absolute atomic E-state index is 12.9. The van der Waals surface area contributed by atoms with Crippen LogP contribution in [0.25, 0.3) is 10.9 Å². The number of benzene rings is 2. The van der Waals surface area contributed by atoms with Gasteiger partial charge in [0.1, 0.15) is 0 Å². The normalized spacial score (nSPS) is 17.2. The van der Waals surface area contributed by atoms with Crippen molar-refractivity contribution in [3.63, 3.8) is 0 Å². The van der Waals surface area contributed by atoms with E-state index in [-0.39, 0.29) is 0 Å². The van der Waals surface area contributed by atoms with Crippen LogP contribution >= 0.6 is 0 Å². The van der Waals surface area contributed by atoms with Crippen LogP contribution in [0.5, 0.6) is 0 Å². The second-order valence-electron chi connectivity index (χ2n) is 8.43. The van der Waals surface area contributed by atoms with Gasteiger partial charge in [-0.3, -0.25) is 14.5 Å². The first-order chi connectivity index (χ1) is 14.5. The van der Waals surface area contributed by atoms with Gasteiger partial charge in [0.15, 0.2) is 0 Å². The lowest BCUT2D eigenvalue weighted by Gasteiger charge is -2.31. The van der Waals surface area contributed by atoms with Crippen molar-refractivity contribution in [2.75, 3.05) is 13.1 Å². The van der Waals surface area contributed by atoms with Gasteiger partial charge in [-0.25, -0.2) is 0 Å². The maximum Gasteiger partial charge on any atom is 0.292 e. The smallest absolute Gasteiger partial charge is 0.292 e. The zero-order valence-corrected chi connectivity index (χ0v) is 17.7. The number of likely N-dealkylation sites (tertiary alicyclic amines) is 1. The van der Waals surface area contributed by atoms with E-state index in [4.69, 9.17) is 0 Å². The number of H-pyrrole nitrogens is 1. The number of ketones is 1. The Morgan fingerprint density at radius 1 is 1.10 bits per heavy atom. The fourth-order valence-electron chi connectivity index (χ4n) is 4.49. The molecule has 4 rings (SSSR count). The van der Waals surface area contributed by atoms with Crippen molar-refractivity contribution >= 4 is 22.6 Å². The van der Waals surface area contributed by atoms with Gasteiger partial charge in [-0.05, 0) is 49.4 Å². The van der Waals surface area contributed by atoms with E-state index in [1.807, 2.05) is 49.4 Å². The second-order valence-corrected chi connectivity index (χ2v) is 8.43. The largest absolute Gasteiger partial charge is 0.358 e. The zero-order chi connectivity index (χ0) is 21.1. The van der Waals surface area contributed by atoms with E-state index in [0.29, 0.717) is 12.1 Å². The molecule has 5 heteroatoms. The summed E-state index contributed by atoms with van der Waals surface area (Å²) < 4.78 is 0. The molecule has 1 atom stereocenters. The number of nitrogens with one attached hydrogen (secondary N) is 2. The summed E-state index contributed by atoms with van der Waals surface area (Å²) >= 11 is 0. The van der Waals surface area contributed by atoms with Crippen molar-refractivity contribution in [2.45, 2.75) is 39.8 Å². The van der Waals surface area contributed by atoms with Crippen LogP contribution < -0.4 is 5.32 Å². The van der Waals surface area contributed by atoms with E-state index in [9.17, 15) is 9.59 Å². The highest BCUT2D eigenvalue weighted by Crippen LogP contribution is 2.23. The minimum absolute atomic E-state index is 0.353. The van der Waals surface area contributed by atoms with Crippen LogP contribution in [0, 0.1) is 12.8 Å². The summed E-state index contributed by atoms with van der Waals surface area (Å²) in [7, 11) is 0. The van der Waals surface area contributed by atoms with Crippen LogP contribution in [0.15, 0.2) is 48.5 Å². The SMILES string of the molecule is Cc1[nH]c2ccccc2c1C(=O)C(=O)NCc1ccccc1CN1CCCC(C)C1. The maximum atomic E-state index is 12.9. The highest BCUT2D eigenvalue weighted by Gasteiger charge is 2.23. The predicted molar refractivity (Wildman–Crippen MR) is 119 cm³/mol. The Bertz CT molecular complexity index is 1070. The Labute approximate surface area is 177 Å². The summed E-state index contributed by atoms with van der Waals surface area (Å²) in [6.07, 6.45) is 2.53. The third-order valence-corrected chi connectivity index (χ3v) is 6.02. The lowest BCUT2D eigenvalue weighted by atomic mass is 9.99. The molecule has 5 nitrogen and oxygen atoms in total. The molecule has 0 saturated carbocycles. The summed E-state index contributed by atoms with van der Waals surface area (Å²) in [4.78, 5) is 31.2. The molecular weight excluding hydrogens is 374 g/mol. The number of Topliss-reactive ketones (excluding diaryl/α,β-unsaturated/α-hetero) is 1. The van der Waals surface area contributed by atoms with E-state index < -0.39 is 11.7 Å². The van der Waals surface area contributed by atoms with Crippen molar-refractivity contribution in [3.8, 4) is 0 Å². The molecule has 3 aromatic rings. The molecule has 0 aliphatic carbocycles. The highest BCUT2D eigenvalue weighted by molar-refractivity contribution is 6.45. The topological polar surface area (TPSA) is 65.2 Å². The van der Waals surface area contributed by atoms with E-state index in [1.54, 1.807) is 0 Å². The minimum atomic E-state index is -0.566. The van der Waals surface area contributed by atoms with Crippen LogP contribution in [0.2, 0.25) is 0 Å². The average molecular weight is 404 g/mol. The number of hydrogen-bond donors (Lipinski definition) is 2. The van der Waals surface area contributed by atoms with Gasteiger partial charge in [0.2, 0.25) is 0 Å². The number of carbonyl (C=O) groups excluding carboxylic acids is 2. The number of amides is 1. The minimum Gasteiger partial charge on any atom is -0.358 e. The summed E-state index contributed by atoms with van der Waals surface area (Å²) in [5.41, 5.74) is 4.32. The molecule has 1 amide bonds. The number of nitrogens with zero attached hydrogens (tertiary/aromatic N) is 1. The molecule has 1 aliphatic heterocycles. The molecule has 0 bridgehead atoms. The zero-order valence-electron chi connectivity index (χ0n) is 17.7. The van der Waals surface area contributed by atoms with Gasteiger partial charge in [-0.15, -0.1) is 0 Å². The van der Waals surface area contributed by atoms with Gasteiger partial charge >= 0.3 is 0 Å². The highest BCUT2D eigenvalue weighted by atomic mass is 16.2. The van der Waals surface area contributed by atoms with Crippen molar-refractivity contribution in [2.24, 2.45) is 5.92 Å². The molecule has 1 unspecified atom stereocenters. The van der Waals surface area contributed by atoms with E-state index in [2.05, 4.69) is 28.2 Å². The Balaban J connectivity index is 1.45. The molecular formula is C25H29N3O2. The number of fused-ring (bicyclic) bond motifs is 1. The van der Waals surface area contributed by atoms with Gasteiger partial charge in [0.25, 0.3) is 11.7 Å². The summed E-state index contributed by atoms with van der Waals surface area (Å²) in [5, 5.41) is 3.63. The van der Waals surface area contributed by atoms with E-state index in [1.165, 1.54) is 18.4 Å². The molecule has 0 radical (unpaired) electrons. The molecule has 30 heavy (non-hydrogen) atoms. The number of aryl methyl sites for hydroxylation is 1. The van der Waals surface area contributed by atoms with Gasteiger partial charge in [0, 0.05) is 36.2 Å². The number of aromatic amines is 1. The Hall–Kier alpha value is -2.92. The lowest BCUT2D eigenvalue weighted by Crippen LogP contribution is -2.34. The van der Waals surface area contributed by atoms with Crippen LogP contribution in [0.3, 0.4) is 0 Å². The number of para-hydroxylation sites is 1. The van der Waals surface area contributed by atoms with Crippen LogP contribution in [0.4, 0.5) is 0 Å². The van der Waals surface area contributed by atoms with Crippen LogP contribution in [0.1, 0.15) is 46.9 Å². The number of hydrogen-bond acceptors (Lipinski definition) is 3. The van der Waals surface area contributed by atoms with Crippen molar-refractivity contribution in [1.29, 1.82) is 0 Å². The quantitative estimate of drug-likeness (QED) is 0.479. The van der Waals surface area contributed by atoms with Gasteiger partial charge < -0.3 is 10.3 Å². The molecule has 2 aromatic carbocycles. The Kier molecular flexibility index (Phi) is 6.00. The van der Waals surface area contributed by atoms with Crippen molar-refractivity contribution < 1.29 is 9.59 Å². The number of aromatic nitrogens is 1. The molecule has 156 valence electrons. The molecule has 1 fully saturated rings. The molecule has 2 N–H and O–H groups in total. The fourth-order valence-corrected chi connectivity index (χ4v) is 4.49. The first kappa shape index (κ1) is 20.4. The number of piperidine rings is 1. The average Bonchev–Trinajstić information content (AvgIpc) is 3.08. The monoisotopic (exact) mass is 403 g/mol. The molecule has 0 spiro atoms. The van der Waals surface area contributed by atoms with Crippen molar-refractivity contribution in [1.82, 2.24) is 15.2 Å². The van der Waals surface area contributed by atoms with Gasteiger partial charge in [-0.1, -0.05) is 49.4 Å². The third kappa shape index (κ3) is 4.31. The van der Waals surface area contributed by atoms with E-state index in [0.717, 1.165) is 47.7 Å². The lowest BCUT2D eigenvalue weighted by molar-refractivity contribution is -0.117. The Morgan fingerprint density at radius 3 is 2.63 bits per heavy atom. The molecule has 1 aromatic heterocycles. The first-order valence-corrected chi connectivity index (χ1v) is 10.7. The Morgan fingerprint density at radius 2 is 1.83 bits per heavy atom. The standard InChI is InChI=1S/C25H29N3O2/c1-17-8-7-13-28(15-17)16-20-10-4-3-9-19(20)14-26-25(30)24(29)23-18(2)27-22-12-6-5-11-21(22)23/h3-6,9-12,17,27H,7-8,13-16H2,1-2H3,(H,26,30). The molecule has 2 heterocycles. The van der Waals surface area contributed by atoms with Gasteiger partial charge in [0.05, 0.1) is 5.56 Å². The number of rotatable bonds is 6. The third-order valence-electron chi connectivity index (χ3n) is 6.02. The van der Waals surface area contributed by atoms with Crippen molar-refractivity contribution in [3.05, 3.63) is 70.9 Å². The van der Waals surface area contributed by atoms with Crippen LogP contribution in [-0.4, -0.2) is 34.7 Å². The number of carbonyl (C=O) groups is 2. The van der Waals surface area contributed by atoms with Gasteiger partial charge in [-0.2, -0.15) is 0 Å². The predicted octanol–water partition coefficient (Wildman–Crippen LogP) is 4.21. The van der Waals surface area contributed by atoms with Crippen LogP contribution in [-0.2, 0) is 17.9 Å². The summed E-state index contributed by atoms with van der Waals surface area (Å²) in [6.45, 7) is 7.59. The summed E-state index contributed by atoms with van der Waals surface area (Å²) in [5.74, 6) is -0.334. The molecule has 1 aliphatic rings. The van der Waals surface area contributed by atoms with E-state index >= 15 is 0 Å². The second kappa shape index (κ2) is 8.84. The molecule has 1 saturated heterocycles. The fraction of sp³-hybridized carbons (Fsp3) is 0.360.